The lowest BCUT2D eigenvalue weighted by molar-refractivity contribution is 0.313. The summed E-state index contributed by atoms with van der Waals surface area (Å²) >= 11 is 9.45. The second kappa shape index (κ2) is 7.52. The molecule has 27 heavy (non-hydrogen) atoms. The van der Waals surface area contributed by atoms with E-state index in [1.165, 1.54) is 16.2 Å². The van der Waals surface area contributed by atoms with Crippen molar-refractivity contribution in [2.45, 2.75) is 20.0 Å². The number of H-pyrrole nitrogens is 1. The molecule has 0 saturated heterocycles. The summed E-state index contributed by atoms with van der Waals surface area (Å²) in [6, 6.07) is 7.53. The van der Waals surface area contributed by atoms with Gasteiger partial charge in [-0.15, -0.1) is 22.7 Å². The minimum absolute atomic E-state index is 0.131. The van der Waals surface area contributed by atoms with Gasteiger partial charge in [0.1, 0.15) is 10.7 Å². The lowest BCUT2D eigenvalue weighted by Crippen LogP contribution is -2.21. The predicted molar refractivity (Wildman–Crippen MR) is 113 cm³/mol. The van der Waals surface area contributed by atoms with Crippen LogP contribution in [0.1, 0.15) is 15.7 Å². The third-order valence-corrected chi connectivity index (χ3v) is 6.27. The van der Waals surface area contributed by atoms with Crippen molar-refractivity contribution in [3.63, 3.8) is 0 Å². The number of rotatable bonds is 5. The van der Waals surface area contributed by atoms with Crippen LogP contribution in [0, 0.1) is 6.92 Å². The van der Waals surface area contributed by atoms with Crippen molar-refractivity contribution in [3.05, 3.63) is 66.9 Å². The average molecular weight is 417 g/mol. The first kappa shape index (κ1) is 18.3. The van der Waals surface area contributed by atoms with Gasteiger partial charge in [0.05, 0.1) is 16.9 Å². The number of aromatic nitrogens is 3. The van der Waals surface area contributed by atoms with Gasteiger partial charge >= 0.3 is 0 Å². The molecule has 3 aromatic heterocycles. The van der Waals surface area contributed by atoms with Crippen molar-refractivity contribution < 1.29 is 0 Å². The van der Waals surface area contributed by atoms with Gasteiger partial charge in [0.15, 0.2) is 0 Å². The molecule has 1 aromatic carbocycles. The van der Waals surface area contributed by atoms with Crippen molar-refractivity contribution in [1.29, 1.82) is 0 Å². The van der Waals surface area contributed by atoms with E-state index >= 15 is 0 Å². The third kappa shape index (κ3) is 3.82. The molecule has 0 bridgehead atoms. The Morgan fingerprint density at radius 3 is 2.78 bits per heavy atom. The van der Waals surface area contributed by atoms with Crippen LogP contribution >= 0.6 is 34.3 Å². The minimum Gasteiger partial charge on any atom is -0.309 e. The number of nitrogens with zero attached hydrogens (tertiary/aromatic N) is 3. The van der Waals surface area contributed by atoms with Crippen molar-refractivity contribution in [2.24, 2.45) is 0 Å². The Hall–Kier alpha value is -2.06. The molecule has 8 heteroatoms. The van der Waals surface area contributed by atoms with E-state index in [9.17, 15) is 4.79 Å². The number of halogens is 1. The minimum atomic E-state index is -0.131. The van der Waals surface area contributed by atoms with E-state index in [0.717, 1.165) is 27.5 Å². The molecule has 0 aliphatic carbocycles. The normalized spacial score (nSPS) is 11.6. The van der Waals surface area contributed by atoms with Crippen LogP contribution in [0.25, 0.3) is 21.3 Å². The molecule has 0 amide bonds. The number of fused-ring (bicyclic) bond motifs is 1. The molecule has 0 aliphatic heterocycles. The molecule has 0 fully saturated rings. The van der Waals surface area contributed by atoms with Gasteiger partial charge < -0.3 is 4.98 Å². The molecule has 4 aromatic rings. The number of hydrogen-bond acceptors (Lipinski definition) is 6. The number of aromatic amines is 1. The number of nitrogens with one attached hydrogen (secondary N) is 1. The van der Waals surface area contributed by atoms with E-state index in [0.29, 0.717) is 22.8 Å². The first-order chi connectivity index (χ1) is 13.0. The first-order valence-electron chi connectivity index (χ1n) is 8.36. The molecular weight excluding hydrogens is 400 g/mol. The van der Waals surface area contributed by atoms with Gasteiger partial charge in [-0.1, -0.05) is 29.8 Å². The predicted octanol–water partition coefficient (Wildman–Crippen LogP) is 4.70. The molecule has 0 saturated carbocycles. The van der Waals surface area contributed by atoms with E-state index in [1.807, 2.05) is 49.8 Å². The maximum absolute atomic E-state index is 12.8. The fourth-order valence-corrected chi connectivity index (χ4v) is 5.07. The van der Waals surface area contributed by atoms with Crippen molar-refractivity contribution in [3.8, 4) is 11.1 Å². The summed E-state index contributed by atoms with van der Waals surface area (Å²) < 4.78 is 0. The molecule has 5 nitrogen and oxygen atoms in total. The molecule has 3 heterocycles. The van der Waals surface area contributed by atoms with Gasteiger partial charge in [0.2, 0.25) is 0 Å². The molecule has 0 atom stereocenters. The van der Waals surface area contributed by atoms with E-state index in [1.54, 1.807) is 11.3 Å². The Morgan fingerprint density at radius 1 is 1.22 bits per heavy atom. The van der Waals surface area contributed by atoms with Crippen molar-refractivity contribution >= 4 is 44.5 Å². The van der Waals surface area contributed by atoms with Gasteiger partial charge in [-0.05, 0) is 20.0 Å². The molecular formula is C19H17ClN4OS2. The van der Waals surface area contributed by atoms with Crippen LogP contribution in [-0.2, 0) is 13.1 Å². The van der Waals surface area contributed by atoms with Crippen LogP contribution in [0.4, 0.5) is 0 Å². The van der Waals surface area contributed by atoms with Gasteiger partial charge in [-0.25, -0.2) is 9.97 Å². The van der Waals surface area contributed by atoms with Crippen LogP contribution in [0.3, 0.4) is 0 Å². The number of aryl methyl sites for hydroxylation is 1. The monoisotopic (exact) mass is 416 g/mol. The second-order valence-electron chi connectivity index (χ2n) is 6.34. The summed E-state index contributed by atoms with van der Waals surface area (Å²) in [5, 5.41) is 4.22. The van der Waals surface area contributed by atoms with Crippen LogP contribution < -0.4 is 5.56 Å². The number of thiophene rings is 1. The highest BCUT2D eigenvalue weighted by Gasteiger charge is 2.15. The van der Waals surface area contributed by atoms with E-state index < -0.39 is 0 Å². The Balaban J connectivity index is 1.63. The van der Waals surface area contributed by atoms with Gasteiger partial charge in [0.25, 0.3) is 5.56 Å². The van der Waals surface area contributed by atoms with Gasteiger partial charge in [-0.3, -0.25) is 9.69 Å². The summed E-state index contributed by atoms with van der Waals surface area (Å²) in [6.45, 7) is 3.32. The smallest absolute Gasteiger partial charge is 0.260 e. The van der Waals surface area contributed by atoms with Crippen LogP contribution in [0.2, 0.25) is 5.02 Å². The Kier molecular flexibility index (Phi) is 5.10. The summed E-state index contributed by atoms with van der Waals surface area (Å²) in [5.41, 5.74) is 1.55. The van der Waals surface area contributed by atoms with Crippen molar-refractivity contribution in [2.75, 3.05) is 7.05 Å². The van der Waals surface area contributed by atoms with Crippen LogP contribution in [0.15, 0.2) is 40.6 Å². The van der Waals surface area contributed by atoms with Crippen molar-refractivity contribution in [1.82, 2.24) is 19.9 Å². The molecule has 1 N–H and O–H groups in total. The summed E-state index contributed by atoms with van der Waals surface area (Å²) in [7, 11) is 2.00. The standard InChI is InChI=1S/C19H17ClN4OS2/c1-11-21-7-12(27-11)8-24(2)9-16-22-18(25)17-14(10-26-19(17)23-16)13-5-3-4-6-15(13)20/h3-7,10H,8-9H2,1-2H3,(H,22,23,25). The molecule has 4 rings (SSSR count). The zero-order valence-electron chi connectivity index (χ0n) is 14.8. The number of thiazole rings is 1. The number of benzene rings is 1. The quantitative estimate of drug-likeness (QED) is 0.512. The molecule has 0 aliphatic rings. The highest BCUT2D eigenvalue weighted by atomic mass is 35.5. The topological polar surface area (TPSA) is 61.9 Å². The largest absolute Gasteiger partial charge is 0.309 e. The SMILES string of the molecule is Cc1ncc(CN(C)Cc2nc3scc(-c4ccccc4Cl)c3c(=O)[nH]2)s1. The van der Waals surface area contributed by atoms with Gasteiger partial charge in [0, 0.05) is 39.1 Å². The summed E-state index contributed by atoms with van der Waals surface area (Å²) in [4.78, 5) is 28.7. The van der Waals surface area contributed by atoms with Crippen LogP contribution in [-0.4, -0.2) is 26.9 Å². The summed E-state index contributed by atoms with van der Waals surface area (Å²) in [5.74, 6) is 0.656. The lowest BCUT2D eigenvalue weighted by Gasteiger charge is -2.14. The zero-order valence-corrected chi connectivity index (χ0v) is 17.2. The lowest BCUT2D eigenvalue weighted by atomic mass is 10.1. The fourth-order valence-electron chi connectivity index (χ4n) is 3.00. The Bertz CT molecular complexity index is 1160. The Labute approximate surface area is 169 Å². The maximum Gasteiger partial charge on any atom is 0.260 e. The van der Waals surface area contributed by atoms with Gasteiger partial charge in [-0.2, -0.15) is 0 Å². The zero-order chi connectivity index (χ0) is 19.0. The molecule has 0 unspecified atom stereocenters. The summed E-state index contributed by atoms with van der Waals surface area (Å²) in [6.07, 6.45) is 1.89. The Morgan fingerprint density at radius 2 is 2.04 bits per heavy atom. The van der Waals surface area contributed by atoms with E-state index in [-0.39, 0.29) is 5.56 Å². The van der Waals surface area contributed by atoms with Crippen LogP contribution in [0.5, 0.6) is 0 Å². The van der Waals surface area contributed by atoms with E-state index in [4.69, 9.17) is 11.6 Å². The highest BCUT2D eigenvalue weighted by Crippen LogP contribution is 2.34. The molecule has 138 valence electrons. The van der Waals surface area contributed by atoms with E-state index in [2.05, 4.69) is 19.9 Å². The molecule has 0 radical (unpaired) electrons. The number of hydrogen-bond donors (Lipinski definition) is 1. The molecule has 0 spiro atoms. The highest BCUT2D eigenvalue weighted by molar-refractivity contribution is 7.17. The third-order valence-electron chi connectivity index (χ3n) is 4.17. The first-order valence-corrected chi connectivity index (χ1v) is 10.4. The maximum atomic E-state index is 12.8. The average Bonchev–Trinajstić information content (AvgIpc) is 3.21. The second-order valence-corrected chi connectivity index (χ2v) is 8.92. The fraction of sp³-hybridized carbons (Fsp3) is 0.211.